The molecule has 0 saturated heterocycles. The molecule has 1 N–H and O–H groups in total. The number of nitrogens with one attached hydrogen (secondary N) is 1. The van der Waals surface area contributed by atoms with E-state index in [0.717, 1.165) is 42.5 Å². The Kier molecular flexibility index (Phi) is 2.53. The minimum atomic E-state index is -0.413. The highest BCUT2D eigenvalue weighted by atomic mass is 16.1. The number of aliphatic imine (C=N–C) groups is 1. The number of anilines is 1. The first-order valence-corrected chi connectivity index (χ1v) is 6.26. The molecule has 0 atom stereocenters. The summed E-state index contributed by atoms with van der Waals surface area (Å²) in [7, 11) is 0. The molecule has 0 radical (unpaired) electrons. The van der Waals surface area contributed by atoms with Crippen molar-refractivity contribution in [1.82, 2.24) is 0 Å². The molecule has 92 valence electrons. The van der Waals surface area contributed by atoms with Crippen molar-refractivity contribution in [1.29, 1.82) is 0 Å². The van der Waals surface area contributed by atoms with Crippen LogP contribution in [-0.2, 0) is 21.5 Å². The summed E-state index contributed by atoms with van der Waals surface area (Å²) in [6, 6.07) is 5.92. The van der Waals surface area contributed by atoms with Gasteiger partial charge in [0.15, 0.2) is 0 Å². The lowest BCUT2D eigenvalue weighted by Gasteiger charge is -2.23. The zero-order valence-electron chi connectivity index (χ0n) is 10.0. The molecule has 1 aliphatic carbocycles. The quantitative estimate of drug-likeness (QED) is 0.639. The minimum absolute atomic E-state index is 0.0292. The van der Waals surface area contributed by atoms with Gasteiger partial charge in [-0.1, -0.05) is 25.0 Å². The summed E-state index contributed by atoms with van der Waals surface area (Å²) in [5, 5.41) is 2.84. The maximum absolute atomic E-state index is 11.3. The third-order valence-corrected chi connectivity index (χ3v) is 3.96. The van der Waals surface area contributed by atoms with Crippen LogP contribution in [0.5, 0.6) is 0 Å². The Morgan fingerprint density at radius 2 is 2.06 bits per heavy atom. The molecule has 1 heterocycles. The second kappa shape index (κ2) is 4.07. The highest BCUT2D eigenvalue weighted by molar-refractivity contribution is 5.99. The van der Waals surface area contributed by atoms with Crippen LogP contribution in [-0.4, -0.2) is 12.0 Å². The van der Waals surface area contributed by atoms with Gasteiger partial charge in [0, 0.05) is 5.69 Å². The number of benzene rings is 1. The molecule has 1 amide bonds. The van der Waals surface area contributed by atoms with Crippen molar-refractivity contribution < 1.29 is 9.59 Å². The molecular formula is C14H14N2O2. The van der Waals surface area contributed by atoms with Crippen LogP contribution in [0.2, 0.25) is 0 Å². The van der Waals surface area contributed by atoms with E-state index in [2.05, 4.69) is 10.3 Å². The predicted octanol–water partition coefficient (Wildman–Crippen LogP) is 2.29. The number of hydrogen-bond donors (Lipinski definition) is 1. The van der Waals surface area contributed by atoms with Gasteiger partial charge in [0.2, 0.25) is 12.0 Å². The lowest BCUT2D eigenvalue weighted by atomic mass is 9.88. The number of nitrogens with zero attached hydrogens (tertiary/aromatic N) is 1. The smallest absolute Gasteiger partial charge is 0.235 e. The first-order chi connectivity index (χ1) is 8.73. The van der Waals surface area contributed by atoms with Crippen LogP contribution in [0.15, 0.2) is 23.2 Å². The van der Waals surface area contributed by atoms with E-state index in [0.29, 0.717) is 6.42 Å². The van der Waals surface area contributed by atoms with Gasteiger partial charge in [0.1, 0.15) is 0 Å². The van der Waals surface area contributed by atoms with Crippen LogP contribution in [0.1, 0.15) is 36.8 Å². The zero-order valence-corrected chi connectivity index (χ0v) is 10.0. The molecule has 1 aromatic carbocycles. The topological polar surface area (TPSA) is 58.5 Å². The van der Waals surface area contributed by atoms with Crippen LogP contribution >= 0.6 is 0 Å². The van der Waals surface area contributed by atoms with Crippen LogP contribution in [0, 0.1) is 0 Å². The Bertz CT molecular complexity index is 553. The zero-order chi connectivity index (χ0) is 12.6. The molecule has 1 fully saturated rings. The van der Waals surface area contributed by atoms with Crippen LogP contribution in [0.25, 0.3) is 0 Å². The number of amides is 1. The maximum atomic E-state index is 11.3. The Labute approximate surface area is 105 Å². The lowest BCUT2D eigenvalue weighted by molar-refractivity contribution is -0.115. The van der Waals surface area contributed by atoms with Gasteiger partial charge in [0.25, 0.3) is 0 Å². The van der Waals surface area contributed by atoms with E-state index in [-0.39, 0.29) is 5.91 Å². The Morgan fingerprint density at radius 1 is 1.28 bits per heavy atom. The lowest BCUT2D eigenvalue weighted by Crippen LogP contribution is -2.19. The largest absolute Gasteiger partial charge is 0.326 e. The summed E-state index contributed by atoms with van der Waals surface area (Å²) in [6.45, 7) is 0. The summed E-state index contributed by atoms with van der Waals surface area (Å²) in [5.41, 5.74) is 2.49. The summed E-state index contributed by atoms with van der Waals surface area (Å²) < 4.78 is 0. The summed E-state index contributed by atoms with van der Waals surface area (Å²) in [4.78, 5) is 26.1. The fraction of sp³-hybridized carbons (Fsp3) is 0.429. The second-order valence-corrected chi connectivity index (χ2v) is 5.04. The number of rotatable bonds is 2. The monoisotopic (exact) mass is 242 g/mol. The normalized spacial score (nSPS) is 20.1. The van der Waals surface area contributed by atoms with Gasteiger partial charge in [-0.2, -0.15) is 4.99 Å². The summed E-state index contributed by atoms with van der Waals surface area (Å²) >= 11 is 0. The second-order valence-electron chi connectivity index (χ2n) is 5.04. The van der Waals surface area contributed by atoms with Crippen molar-refractivity contribution in [2.24, 2.45) is 4.99 Å². The molecule has 4 heteroatoms. The number of carbonyl (C=O) groups excluding carboxylic acids is 2. The van der Waals surface area contributed by atoms with Crippen LogP contribution < -0.4 is 5.32 Å². The summed E-state index contributed by atoms with van der Waals surface area (Å²) in [6.07, 6.45) is 6.08. The number of isocyanates is 1. The molecule has 0 bridgehead atoms. The molecule has 1 aliphatic heterocycles. The molecule has 1 saturated carbocycles. The molecule has 18 heavy (non-hydrogen) atoms. The molecular weight excluding hydrogens is 228 g/mol. The fourth-order valence-corrected chi connectivity index (χ4v) is 3.02. The molecule has 3 rings (SSSR count). The van der Waals surface area contributed by atoms with E-state index < -0.39 is 5.54 Å². The average molecular weight is 242 g/mol. The van der Waals surface area contributed by atoms with E-state index in [1.807, 2.05) is 18.2 Å². The molecule has 2 aliphatic rings. The number of fused-ring (bicyclic) bond motifs is 1. The molecule has 0 unspecified atom stereocenters. The highest BCUT2D eigenvalue weighted by Crippen LogP contribution is 2.43. The van der Waals surface area contributed by atoms with Crippen molar-refractivity contribution >= 4 is 17.7 Å². The third kappa shape index (κ3) is 1.66. The SMILES string of the molecule is O=C=NC1(c2ccc3c(c2)NC(=O)C3)CCCC1. The van der Waals surface area contributed by atoms with Crippen LogP contribution in [0.4, 0.5) is 5.69 Å². The van der Waals surface area contributed by atoms with E-state index in [9.17, 15) is 9.59 Å². The molecule has 1 aromatic rings. The van der Waals surface area contributed by atoms with Crippen molar-refractivity contribution in [3.8, 4) is 0 Å². The Balaban J connectivity index is 2.04. The first-order valence-electron chi connectivity index (χ1n) is 6.26. The Hall–Kier alpha value is -1.93. The van der Waals surface area contributed by atoms with Crippen molar-refractivity contribution in [3.05, 3.63) is 29.3 Å². The van der Waals surface area contributed by atoms with E-state index in [1.54, 1.807) is 6.08 Å². The highest BCUT2D eigenvalue weighted by Gasteiger charge is 2.36. The van der Waals surface area contributed by atoms with Gasteiger partial charge < -0.3 is 5.32 Å². The van der Waals surface area contributed by atoms with Crippen LogP contribution in [0.3, 0.4) is 0 Å². The first kappa shape index (κ1) is 11.2. The standard InChI is InChI=1S/C14H14N2O2/c17-9-15-14(5-1-2-6-14)11-4-3-10-7-13(18)16-12(10)8-11/h3-4,8H,1-2,5-7H2,(H,16,18). The summed E-state index contributed by atoms with van der Waals surface area (Å²) in [5.74, 6) is 0.0292. The van der Waals surface area contributed by atoms with Gasteiger partial charge in [-0.05, 0) is 30.0 Å². The molecule has 4 nitrogen and oxygen atoms in total. The van der Waals surface area contributed by atoms with Gasteiger partial charge in [-0.15, -0.1) is 0 Å². The predicted molar refractivity (Wildman–Crippen MR) is 67.0 cm³/mol. The minimum Gasteiger partial charge on any atom is -0.326 e. The third-order valence-electron chi connectivity index (χ3n) is 3.96. The fourth-order valence-electron chi connectivity index (χ4n) is 3.02. The molecule has 0 spiro atoms. The number of carbonyl (C=O) groups is 1. The van der Waals surface area contributed by atoms with Gasteiger partial charge in [-0.3, -0.25) is 4.79 Å². The Morgan fingerprint density at radius 3 is 2.78 bits per heavy atom. The van der Waals surface area contributed by atoms with Crippen molar-refractivity contribution in [2.45, 2.75) is 37.6 Å². The number of hydrogen-bond acceptors (Lipinski definition) is 3. The van der Waals surface area contributed by atoms with Gasteiger partial charge >= 0.3 is 0 Å². The van der Waals surface area contributed by atoms with Gasteiger partial charge in [-0.25, -0.2) is 4.79 Å². The average Bonchev–Trinajstić information content (AvgIpc) is 2.94. The van der Waals surface area contributed by atoms with E-state index in [1.165, 1.54) is 0 Å². The van der Waals surface area contributed by atoms with E-state index in [4.69, 9.17) is 0 Å². The van der Waals surface area contributed by atoms with E-state index >= 15 is 0 Å². The molecule has 0 aromatic heterocycles. The van der Waals surface area contributed by atoms with Crippen molar-refractivity contribution in [3.63, 3.8) is 0 Å². The van der Waals surface area contributed by atoms with Crippen molar-refractivity contribution in [2.75, 3.05) is 5.32 Å². The van der Waals surface area contributed by atoms with Gasteiger partial charge in [0.05, 0.1) is 12.0 Å². The maximum Gasteiger partial charge on any atom is 0.235 e.